The van der Waals surface area contributed by atoms with Crippen LogP contribution in [0.4, 0.5) is 43.9 Å². The lowest BCUT2D eigenvalue weighted by Crippen LogP contribution is -2.09. The van der Waals surface area contributed by atoms with Crippen LogP contribution < -0.4 is 0 Å². The summed E-state index contributed by atoms with van der Waals surface area (Å²) in [5.74, 6) is -8.85. The van der Waals surface area contributed by atoms with Gasteiger partial charge in [0.15, 0.2) is 23.3 Å². The highest BCUT2D eigenvalue weighted by Crippen LogP contribution is 2.53. The SMILES string of the molecule is Fc1c(F)c(F)c2c(-c3ccc(-n4c5ccncc5c5cnccc54)cc3C(F)(F)F)sc(-c3ccc(-n4c5ccncc5c5cnccc54)cc3C(F)(F)F)c2c1F. The van der Waals surface area contributed by atoms with Crippen molar-refractivity contribution in [2.24, 2.45) is 0 Å². The third kappa shape index (κ3) is 5.40. The van der Waals surface area contributed by atoms with Crippen LogP contribution in [0.2, 0.25) is 0 Å². The van der Waals surface area contributed by atoms with Gasteiger partial charge in [-0.05, 0) is 48.5 Å². The Morgan fingerprint density at radius 1 is 0.424 bits per heavy atom. The zero-order valence-corrected chi connectivity index (χ0v) is 30.1. The van der Waals surface area contributed by atoms with Crippen molar-refractivity contribution in [1.82, 2.24) is 29.1 Å². The van der Waals surface area contributed by atoms with Crippen molar-refractivity contribution in [3.8, 4) is 32.3 Å². The average Bonchev–Trinajstić information content (AvgIpc) is 3.90. The lowest BCUT2D eigenvalue weighted by molar-refractivity contribution is -0.137. The van der Waals surface area contributed by atoms with Crippen molar-refractivity contribution in [2.45, 2.75) is 12.4 Å². The van der Waals surface area contributed by atoms with Crippen LogP contribution in [0.3, 0.4) is 0 Å². The maximum Gasteiger partial charge on any atom is 0.417 e. The van der Waals surface area contributed by atoms with Crippen molar-refractivity contribution in [1.29, 1.82) is 0 Å². The summed E-state index contributed by atoms with van der Waals surface area (Å²) in [7, 11) is 0. The fourth-order valence-electron chi connectivity index (χ4n) is 7.82. The van der Waals surface area contributed by atoms with E-state index >= 15 is 43.9 Å². The first-order valence-electron chi connectivity index (χ1n) is 17.3. The van der Waals surface area contributed by atoms with E-state index in [9.17, 15) is 0 Å². The average molecular weight is 829 g/mol. The van der Waals surface area contributed by atoms with Crippen molar-refractivity contribution in [2.75, 3.05) is 0 Å². The number of alkyl halides is 6. The minimum absolute atomic E-state index is 0.0324. The predicted molar refractivity (Wildman–Crippen MR) is 202 cm³/mol. The Morgan fingerprint density at radius 2 is 0.746 bits per heavy atom. The predicted octanol–water partition coefficient (Wildman–Crippen LogP) is 12.6. The lowest BCUT2D eigenvalue weighted by Gasteiger charge is -2.16. The molecule has 0 saturated heterocycles. The second-order valence-corrected chi connectivity index (χ2v) is 14.5. The molecule has 0 aliphatic carbocycles. The molecule has 10 aromatic rings. The van der Waals surface area contributed by atoms with Gasteiger partial charge in [-0.1, -0.05) is 12.1 Å². The van der Waals surface area contributed by atoms with Gasteiger partial charge in [0.05, 0.1) is 33.2 Å². The van der Waals surface area contributed by atoms with E-state index in [1.807, 2.05) is 0 Å². The molecule has 0 N–H and O–H groups in total. The van der Waals surface area contributed by atoms with E-state index in [2.05, 4.69) is 19.9 Å². The molecule has 10 rings (SSSR count). The Labute approximate surface area is 327 Å². The van der Waals surface area contributed by atoms with Crippen LogP contribution in [0.5, 0.6) is 0 Å². The summed E-state index contributed by atoms with van der Waals surface area (Å²) < 4.78 is 156. The Bertz CT molecular complexity index is 3050. The van der Waals surface area contributed by atoms with E-state index in [-0.39, 0.29) is 22.7 Å². The molecule has 0 radical (unpaired) electrons. The molecule has 0 atom stereocenters. The highest BCUT2D eigenvalue weighted by Gasteiger charge is 2.40. The number of fused-ring (bicyclic) bond motifs is 7. The monoisotopic (exact) mass is 828 g/mol. The summed E-state index contributed by atoms with van der Waals surface area (Å²) in [6, 6.07) is 12.1. The van der Waals surface area contributed by atoms with Gasteiger partial charge >= 0.3 is 12.4 Å². The molecule has 0 saturated carbocycles. The number of thiophene rings is 1. The summed E-state index contributed by atoms with van der Waals surface area (Å²) in [5.41, 5.74) is -2.69. The molecule has 0 unspecified atom stereocenters. The van der Waals surface area contributed by atoms with Gasteiger partial charge in [0.2, 0.25) is 0 Å². The van der Waals surface area contributed by atoms with E-state index in [1.165, 1.54) is 70.8 Å². The van der Waals surface area contributed by atoms with Crippen molar-refractivity contribution in [3.63, 3.8) is 0 Å². The van der Waals surface area contributed by atoms with Gasteiger partial charge in [0, 0.05) is 114 Å². The zero-order valence-electron chi connectivity index (χ0n) is 29.3. The molecular formula is C42H18F10N6S. The second-order valence-electron chi connectivity index (χ2n) is 13.5. The topological polar surface area (TPSA) is 61.4 Å². The number of rotatable bonds is 4. The largest absolute Gasteiger partial charge is 0.417 e. The van der Waals surface area contributed by atoms with Gasteiger partial charge in [0.1, 0.15) is 0 Å². The first kappa shape index (κ1) is 36.5. The molecule has 7 heterocycles. The maximum absolute atomic E-state index is 16.0. The Balaban J connectivity index is 1.24. The van der Waals surface area contributed by atoms with Gasteiger partial charge < -0.3 is 9.13 Å². The summed E-state index contributed by atoms with van der Waals surface area (Å²) in [4.78, 5) is 14.9. The Kier molecular flexibility index (Phi) is 7.92. The van der Waals surface area contributed by atoms with E-state index < -0.39 is 78.4 Å². The molecule has 6 nitrogen and oxygen atoms in total. The molecule has 7 aromatic heterocycles. The first-order chi connectivity index (χ1) is 28.2. The number of nitrogens with zero attached hydrogens (tertiary/aromatic N) is 6. The molecular weight excluding hydrogens is 811 g/mol. The summed E-state index contributed by atoms with van der Waals surface area (Å²) in [6.45, 7) is 0. The molecule has 0 aliphatic rings. The smallest absolute Gasteiger partial charge is 0.309 e. The number of hydrogen-bond acceptors (Lipinski definition) is 5. The summed E-state index contributed by atoms with van der Waals surface area (Å²) >= 11 is 0.142. The van der Waals surface area contributed by atoms with Crippen molar-refractivity contribution in [3.05, 3.63) is 145 Å². The van der Waals surface area contributed by atoms with Gasteiger partial charge in [-0.3, -0.25) is 19.9 Å². The normalized spacial score (nSPS) is 12.6. The maximum atomic E-state index is 16.0. The van der Waals surface area contributed by atoms with Crippen LogP contribution in [0.1, 0.15) is 11.1 Å². The summed E-state index contributed by atoms with van der Waals surface area (Å²) in [5, 5.41) is -0.0557. The number of benzene rings is 3. The Hall–Kier alpha value is -6.88. The van der Waals surface area contributed by atoms with Crippen LogP contribution in [0.15, 0.2) is 110 Å². The zero-order chi connectivity index (χ0) is 41.1. The minimum atomic E-state index is -5.20. The number of pyridine rings is 4. The molecule has 0 bridgehead atoms. The van der Waals surface area contributed by atoms with Crippen LogP contribution in [-0.2, 0) is 12.4 Å². The van der Waals surface area contributed by atoms with Crippen LogP contribution in [0, 0.1) is 23.3 Å². The first-order valence-corrected chi connectivity index (χ1v) is 18.1. The molecule has 59 heavy (non-hydrogen) atoms. The highest BCUT2D eigenvalue weighted by atomic mass is 32.1. The third-order valence-corrected chi connectivity index (χ3v) is 11.5. The molecule has 0 spiro atoms. The van der Waals surface area contributed by atoms with Gasteiger partial charge in [-0.25, -0.2) is 17.6 Å². The summed E-state index contributed by atoms with van der Waals surface area (Å²) in [6.07, 6.45) is 1.40. The molecule has 0 fully saturated rings. The standard InChI is InChI=1S/C42H18F10N6S/c43-35-33-34(36(44)38(46)37(35)45)40(22-4-2-20(14-28(22)42(50,51)52)58-31-7-11-55-17-25(31)26-18-56-12-8-32(26)58)59-39(33)21-3-1-19(13-27(21)41(47,48)49)57-29-5-9-53-15-23(29)24-16-54-10-6-30(24)57/h1-18H. The molecule has 292 valence electrons. The number of hydrogen-bond donors (Lipinski definition) is 0. The minimum Gasteiger partial charge on any atom is -0.309 e. The molecule has 17 heteroatoms. The molecule has 0 aliphatic heterocycles. The second kappa shape index (κ2) is 12.8. The third-order valence-electron chi connectivity index (χ3n) is 10.3. The van der Waals surface area contributed by atoms with Crippen LogP contribution >= 0.6 is 11.3 Å². The van der Waals surface area contributed by atoms with Crippen LogP contribution in [0.25, 0.3) is 86.6 Å². The number of aromatic nitrogens is 6. The highest BCUT2D eigenvalue weighted by molar-refractivity contribution is 7.21. The van der Waals surface area contributed by atoms with Crippen LogP contribution in [-0.4, -0.2) is 29.1 Å². The van der Waals surface area contributed by atoms with Gasteiger partial charge in [-0.15, -0.1) is 11.3 Å². The number of halogens is 10. The Morgan fingerprint density at radius 3 is 1.05 bits per heavy atom. The van der Waals surface area contributed by atoms with Gasteiger partial charge in [0.25, 0.3) is 0 Å². The van der Waals surface area contributed by atoms with Gasteiger partial charge in [-0.2, -0.15) is 26.3 Å². The van der Waals surface area contributed by atoms with Crippen molar-refractivity contribution >= 4 is 65.7 Å². The van der Waals surface area contributed by atoms with Crippen molar-refractivity contribution < 1.29 is 43.9 Å². The molecule has 3 aromatic carbocycles. The molecule has 0 amide bonds. The van der Waals surface area contributed by atoms with E-state index in [0.717, 1.165) is 24.3 Å². The quantitative estimate of drug-likeness (QED) is 0.101. The van der Waals surface area contributed by atoms with E-state index in [1.54, 1.807) is 24.3 Å². The fraction of sp³-hybridized carbons (Fsp3) is 0.0476. The van der Waals surface area contributed by atoms with E-state index in [4.69, 9.17) is 0 Å². The van der Waals surface area contributed by atoms with E-state index in [0.29, 0.717) is 43.6 Å². The lowest BCUT2D eigenvalue weighted by atomic mass is 9.97. The fourth-order valence-corrected chi connectivity index (χ4v) is 9.19.